The number of nitrogens with one attached hydrogen (secondary N) is 1. The van der Waals surface area contributed by atoms with Gasteiger partial charge in [-0.15, -0.1) is 0 Å². The summed E-state index contributed by atoms with van der Waals surface area (Å²) in [6.07, 6.45) is 0.783. The molecule has 1 N–H and O–H groups in total. The summed E-state index contributed by atoms with van der Waals surface area (Å²) in [5.74, 6) is 0. The van der Waals surface area contributed by atoms with Gasteiger partial charge >= 0.3 is 6.09 Å². The van der Waals surface area contributed by atoms with Crippen molar-refractivity contribution in [2.24, 2.45) is 0 Å². The van der Waals surface area contributed by atoms with Gasteiger partial charge in [-0.3, -0.25) is 4.90 Å². The zero-order valence-electron chi connectivity index (χ0n) is 14.7. The summed E-state index contributed by atoms with van der Waals surface area (Å²) in [6, 6.07) is 9.51. The van der Waals surface area contributed by atoms with Crippen LogP contribution in [0.1, 0.15) is 45.6 Å². The van der Waals surface area contributed by atoms with Gasteiger partial charge < -0.3 is 10.1 Å². The van der Waals surface area contributed by atoms with E-state index in [-0.39, 0.29) is 24.2 Å². The zero-order chi connectivity index (χ0) is 17.3. The maximum atomic E-state index is 15.0. The molecule has 132 valence electrons. The predicted molar refractivity (Wildman–Crippen MR) is 91.5 cm³/mol. The van der Waals surface area contributed by atoms with Gasteiger partial charge in [0.05, 0.1) is 6.04 Å². The number of piperidine rings is 1. The fourth-order valence-electron chi connectivity index (χ4n) is 3.79. The predicted octanol–water partition coefficient (Wildman–Crippen LogP) is 3.65. The number of carbonyl (C=O) groups excluding carboxylic acids is 1. The molecule has 1 amide bonds. The Bertz CT molecular complexity index is 572. The van der Waals surface area contributed by atoms with Crippen LogP contribution in [0.5, 0.6) is 0 Å². The van der Waals surface area contributed by atoms with Crippen molar-refractivity contribution in [2.45, 2.75) is 76.5 Å². The summed E-state index contributed by atoms with van der Waals surface area (Å²) >= 11 is 0. The number of ether oxygens (including phenoxy) is 1. The van der Waals surface area contributed by atoms with E-state index in [2.05, 4.69) is 5.32 Å². The molecule has 2 fully saturated rings. The number of rotatable bonds is 3. The van der Waals surface area contributed by atoms with Gasteiger partial charge in [-0.1, -0.05) is 30.3 Å². The highest BCUT2D eigenvalue weighted by Gasteiger charge is 2.50. The van der Waals surface area contributed by atoms with Crippen molar-refractivity contribution in [1.82, 2.24) is 10.2 Å². The second-order valence-electron chi connectivity index (χ2n) is 7.84. The number of fused-ring (bicyclic) bond motifs is 2. The van der Waals surface area contributed by atoms with Crippen molar-refractivity contribution >= 4 is 6.09 Å². The van der Waals surface area contributed by atoms with Crippen LogP contribution in [0.15, 0.2) is 30.3 Å². The lowest BCUT2D eigenvalue weighted by Crippen LogP contribution is -2.59. The van der Waals surface area contributed by atoms with E-state index in [0.29, 0.717) is 19.4 Å². The van der Waals surface area contributed by atoms with E-state index in [4.69, 9.17) is 4.74 Å². The third kappa shape index (κ3) is 3.72. The maximum absolute atomic E-state index is 15.0. The first-order valence-electron chi connectivity index (χ1n) is 8.78. The molecular formula is C19H27FN2O2. The van der Waals surface area contributed by atoms with Crippen molar-refractivity contribution in [1.29, 1.82) is 0 Å². The highest BCUT2D eigenvalue weighted by molar-refractivity contribution is 5.70. The van der Waals surface area contributed by atoms with Crippen LogP contribution in [0.2, 0.25) is 0 Å². The maximum Gasteiger partial charge on any atom is 0.410 e. The molecule has 24 heavy (non-hydrogen) atoms. The van der Waals surface area contributed by atoms with Gasteiger partial charge in [0.15, 0.2) is 0 Å². The minimum absolute atomic E-state index is 0.0742. The molecule has 4 nitrogen and oxygen atoms in total. The Kier molecular flexibility index (Phi) is 4.81. The van der Waals surface area contributed by atoms with Crippen LogP contribution in [0, 0.1) is 0 Å². The fraction of sp³-hybridized carbons (Fsp3) is 0.632. The Morgan fingerprint density at radius 1 is 1.29 bits per heavy atom. The molecule has 4 atom stereocenters. The zero-order valence-corrected chi connectivity index (χ0v) is 14.7. The van der Waals surface area contributed by atoms with Crippen molar-refractivity contribution in [3.63, 3.8) is 0 Å². The molecule has 3 rings (SSSR count). The van der Waals surface area contributed by atoms with Gasteiger partial charge in [0.2, 0.25) is 0 Å². The number of hydrogen-bond donors (Lipinski definition) is 1. The van der Waals surface area contributed by atoms with E-state index in [1.807, 2.05) is 51.1 Å². The van der Waals surface area contributed by atoms with Crippen LogP contribution in [0.25, 0.3) is 0 Å². The summed E-state index contributed by atoms with van der Waals surface area (Å²) in [5.41, 5.74) is 0.594. The van der Waals surface area contributed by atoms with E-state index in [1.54, 1.807) is 4.90 Å². The summed E-state index contributed by atoms with van der Waals surface area (Å²) in [6.45, 7) is 6.17. The van der Waals surface area contributed by atoms with Gasteiger partial charge in [0.25, 0.3) is 0 Å². The third-order valence-corrected chi connectivity index (χ3v) is 4.84. The molecule has 2 heterocycles. The lowest BCUT2D eigenvalue weighted by molar-refractivity contribution is -0.0135. The molecule has 0 aliphatic carbocycles. The number of nitrogens with zero attached hydrogens (tertiary/aromatic N) is 1. The molecule has 2 bridgehead atoms. The molecule has 2 aliphatic heterocycles. The quantitative estimate of drug-likeness (QED) is 0.917. The number of hydrogen-bond acceptors (Lipinski definition) is 3. The van der Waals surface area contributed by atoms with E-state index < -0.39 is 11.8 Å². The summed E-state index contributed by atoms with van der Waals surface area (Å²) in [7, 11) is 0. The Morgan fingerprint density at radius 3 is 2.67 bits per heavy atom. The van der Waals surface area contributed by atoms with E-state index in [9.17, 15) is 9.18 Å². The molecule has 2 saturated heterocycles. The van der Waals surface area contributed by atoms with Gasteiger partial charge in [0.1, 0.15) is 11.8 Å². The fourth-order valence-corrected chi connectivity index (χ4v) is 3.79. The average Bonchev–Trinajstić information content (AvgIpc) is 2.87. The first-order chi connectivity index (χ1) is 11.3. The Labute approximate surface area is 143 Å². The van der Waals surface area contributed by atoms with Crippen molar-refractivity contribution < 1.29 is 13.9 Å². The third-order valence-electron chi connectivity index (χ3n) is 4.84. The van der Waals surface area contributed by atoms with E-state index in [1.165, 1.54) is 0 Å². The second kappa shape index (κ2) is 6.71. The monoisotopic (exact) mass is 334 g/mol. The topological polar surface area (TPSA) is 41.6 Å². The molecule has 0 aromatic heterocycles. The number of benzene rings is 1. The minimum Gasteiger partial charge on any atom is -0.444 e. The molecule has 2 aliphatic rings. The Hall–Kier alpha value is -1.62. The van der Waals surface area contributed by atoms with Crippen LogP contribution in [0.3, 0.4) is 0 Å². The molecule has 0 saturated carbocycles. The number of carbonyl (C=O) groups is 1. The van der Waals surface area contributed by atoms with Crippen molar-refractivity contribution in [2.75, 3.05) is 0 Å². The lowest BCUT2D eigenvalue weighted by atomic mass is 9.95. The molecule has 1 unspecified atom stereocenters. The summed E-state index contributed by atoms with van der Waals surface area (Å²) in [5, 5.41) is 3.34. The molecule has 5 heteroatoms. The first-order valence-corrected chi connectivity index (χ1v) is 8.78. The van der Waals surface area contributed by atoms with Crippen LogP contribution in [-0.4, -0.2) is 40.9 Å². The Balaban J connectivity index is 1.62. The van der Waals surface area contributed by atoms with Gasteiger partial charge in [-0.05, 0) is 45.6 Å². The van der Waals surface area contributed by atoms with Gasteiger partial charge in [-0.25, -0.2) is 9.18 Å². The molecule has 0 spiro atoms. The molecular weight excluding hydrogens is 307 g/mol. The SMILES string of the molecule is CC(C)(C)OC(=O)N1C2CC[C@H]1[C@H](F)[C@H](NCc1ccccc1)C2. The van der Waals surface area contributed by atoms with E-state index in [0.717, 1.165) is 12.0 Å². The normalized spacial score (nSPS) is 29.6. The van der Waals surface area contributed by atoms with Gasteiger partial charge in [-0.2, -0.15) is 0 Å². The second-order valence-corrected chi connectivity index (χ2v) is 7.84. The standard InChI is InChI=1S/C19H27FN2O2/c1-19(2,3)24-18(23)22-14-9-10-16(22)17(20)15(11-14)21-12-13-7-5-4-6-8-13/h4-8,14-17,21H,9-12H2,1-3H3/t14?,15-,16+,17-/m1/s1. The van der Waals surface area contributed by atoms with Crippen molar-refractivity contribution in [3.05, 3.63) is 35.9 Å². The minimum atomic E-state index is -1.06. The van der Waals surface area contributed by atoms with Crippen LogP contribution < -0.4 is 5.32 Å². The average molecular weight is 334 g/mol. The smallest absolute Gasteiger partial charge is 0.410 e. The molecule has 0 radical (unpaired) electrons. The number of amides is 1. The number of alkyl halides is 1. The van der Waals surface area contributed by atoms with Crippen LogP contribution in [0.4, 0.5) is 9.18 Å². The molecule has 1 aromatic carbocycles. The van der Waals surface area contributed by atoms with Gasteiger partial charge in [0, 0.05) is 18.6 Å². The summed E-state index contributed by atoms with van der Waals surface area (Å²) in [4.78, 5) is 14.1. The van der Waals surface area contributed by atoms with Crippen LogP contribution >= 0.6 is 0 Å². The van der Waals surface area contributed by atoms with Crippen molar-refractivity contribution in [3.8, 4) is 0 Å². The highest BCUT2D eigenvalue weighted by atomic mass is 19.1. The van der Waals surface area contributed by atoms with E-state index >= 15 is 0 Å². The number of halogens is 1. The lowest BCUT2D eigenvalue weighted by Gasteiger charge is -2.41. The molecule has 1 aromatic rings. The largest absolute Gasteiger partial charge is 0.444 e. The highest BCUT2D eigenvalue weighted by Crippen LogP contribution is 2.38. The first kappa shape index (κ1) is 17.2. The summed E-state index contributed by atoms with van der Waals surface area (Å²) < 4.78 is 20.4. The van der Waals surface area contributed by atoms with Crippen LogP contribution in [-0.2, 0) is 11.3 Å². The Morgan fingerprint density at radius 2 is 2.00 bits per heavy atom.